The summed E-state index contributed by atoms with van der Waals surface area (Å²) < 4.78 is 1.72. The second kappa shape index (κ2) is 5.98. The van der Waals surface area contributed by atoms with Gasteiger partial charge in [0.25, 0.3) is 0 Å². The third-order valence-corrected chi connectivity index (χ3v) is 5.01. The maximum atomic E-state index is 11.1. The summed E-state index contributed by atoms with van der Waals surface area (Å²) in [6, 6.07) is 5.85. The predicted octanol–water partition coefficient (Wildman–Crippen LogP) is 2.61. The van der Waals surface area contributed by atoms with Gasteiger partial charge in [-0.1, -0.05) is 11.6 Å². The SMILES string of the molecule is CN=Cc1ccc(N2CC[C@@](O)(c3cnn(C)c3)[C@@H]2C)cc1Cl. The highest BCUT2D eigenvalue weighted by Crippen LogP contribution is 2.40. The van der Waals surface area contributed by atoms with E-state index in [0.29, 0.717) is 11.4 Å². The Hall–Kier alpha value is -1.85. The van der Waals surface area contributed by atoms with E-state index in [9.17, 15) is 5.11 Å². The number of aryl methyl sites for hydroxylation is 1. The third kappa shape index (κ3) is 2.75. The predicted molar refractivity (Wildman–Crippen MR) is 93.5 cm³/mol. The van der Waals surface area contributed by atoms with Crippen LogP contribution in [0.5, 0.6) is 0 Å². The molecule has 0 saturated carbocycles. The van der Waals surface area contributed by atoms with Crippen LogP contribution >= 0.6 is 11.6 Å². The minimum absolute atomic E-state index is 0.0616. The molecule has 23 heavy (non-hydrogen) atoms. The molecule has 3 rings (SSSR count). The molecule has 1 fully saturated rings. The average molecular weight is 333 g/mol. The summed E-state index contributed by atoms with van der Waals surface area (Å²) in [6.45, 7) is 2.80. The van der Waals surface area contributed by atoms with Gasteiger partial charge in [0.2, 0.25) is 0 Å². The van der Waals surface area contributed by atoms with E-state index in [1.54, 1.807) is 24.1 Å². The Morgan fingerprint density at radius 2 is 2.26 bits per heavy atom. The summed E-state index contributed by atoms with van der Waals surface area (Å²) in [5.74, 6) is 0. The van der Waals surface area contributed by atoms with E-state index in [2.05, 4.69) is 15.0 Å². The van der Waals surface area contributed by atoms with E-state index in [1.807, 2.05) is 38.4 Å². The summed E-state index contributed by atoms with van der Waals surface area (Å²) in [5.41, 5.74) is 1.86. The fraction of sp³-hybridized carbons (Fsp3) is 0.412. The summed E-state index contributed by atoms with van der Waals surface area (Å²) >= 11 is 6.33. The lowest BCUT2D eigenvalue weighted by Gasteiger charge is -2.32. The van der Waals surface area contributed by atoms with Gasteiger partial charge in [-0.3, -0.25) is 9.67 Å². The first kappa shape index (κ1) is 16.0. The molecule has 1 N–H and O–H groups in total. The van der Waals surface area contributed by atoms with Crippen molar-refractivity contribution in [3.05, 3.63) is 46.7 Å². The average Bonchev–Trinajstić information content (AvgIpc) is 3.08. The Labute approximate surface area is 141 Å². The standard InChI is InChI=1S/C17H21ClN4O/c1-12-17(23,14-10-20-21(3)11-14)6-7-22(12)15-5-4-13(9-19-2)16(18)8-15/h4-5,8-12,23H,6-7H2,1-3H3/t12-,17-/m0/s1. The quantitative estimate of drug-likeness (QED) is 0.879. The lowest BCUT2D eigenvalue weighted by atomic mass is 9.89. The fourth-order valence-electron chi connectivity index (χ4n) is 3.27. The van der Waals surface area contributed by atoms with Crippen LogP contribution in [-0.4, -0.2) is 40.7 Å². The van der Waals surface area contributed by atoms with Crippen molar-refractivity contribution in [2.75, 3.05) is 18.5 Å². The molecule has 122 valence electrons. The number of benzene rings is 1. The molecular formula is C17H21ClN4O. The van der Waals surface area contributed by atoms with Gasteiger partial charge in [0.1, 0.15) is 5.60 Å². The lowest BCUT2D eigenvalue weighted by molar-refractivity contribution is 0.0329. The minimum atomic E-state index is -0.899. The molecule has 5 nitrogen and oxygen atoms in total. The zero-order valence-electron chi connectivity index (χ0n) is 13.6. The number of nitrogens with zero attached hydrogens (tertiary/aromatic N) is 4. The number of aliphatic hydroxyl groups is 1. The summed E-state index contributed by atoms with van der Waals surface area (Å²) in [4.78, 5) is 6.19. The van der Waals surface area contributed by atoms with E-state index in [0.717, 1.165) is 23.4 Å². The van der Waals surface area contributed by atoms with Crippen molar-refractivity contribution < 1.29 is 5.11 Å². The number of aliphatic imine (C=N–C) groups is 1. The van der Waals surface area contributed by atoms with Crippen molar-refractivity contribution in [2.45, 2.75) is 25.0 Å². The van der Waals surface area contributed by atoms with Gasteiger partial charge in [-0.2, -0.15) is 5.10 Å². The number of hydrogen-bond acceptors (Lipinski definition) is 4. The second-order valence-corrected chi connectivity index (χ2v) is 6.45. The normalized spacial score (nSPS) is 24.7. The molecule has 0 spiro atoms. The molecule has 0 radical (unpaired) electrons. The molecule has 0 amide bonds. The van der Waals surface area contributed by atoms with Crippen LogP contribution < -0.4 is 4.90 Å². The van der Waals surface area contributed by atoms with E-state index in [4.69, 9.17) is 11.6 Å². The Morgan fingerprint density at radius 1 is 1.48 bits per heavy atom. The van der Waals surface area contributed by atoms with Crippen LogP contribution in [0, 0.1) is 0 Å². The minimum Gasteiger partial charge on any atom is -0.383 e. The maximum Gasteiger partial charge on any atom is 0.114 e. The molecule has 2 atom stereocenters. The highest BCUT2D eigenvalue weighted by atomic mass is 35.5. The van der Waals surface area contributed by atoms with Gasteiger partial charge in [-0.15, -0.1) is 0 Å². The number of anilines is 1. The van der Waals surface area contributed by atoms with Crippen molar-refractivity contribution in [3.8, 4) is 0 Å². The van der Waals surface area contributed by atoms with Gasteiger partial charge in [0.05, 0.1) is 17.3 Å². The Kier molecular flexibility index (Phi) is 4.17. The van der Waals surface area contributed by atoms with E-state index in [-0.39, 0.29) is 6.04 Å². The van der Waals surface area contributed by atoms with Crippen LogP contribution in [0.4, 0.5) is 5.69 Å². The topological polar surface area (TPSA) is 53.6 Å². The summed E-state index contributed by atoms with van der Waals surface area (Å²) in [6.07, 6.45) is 6.03. The molecule has 2 heterocycles. The van der Waals surface area contributed by atoms with Crippen LogP contribution in [0.1, 0.15) is 24.5 Å². The van der Waals surface area contributed by atoms with Crippen molar-refractivity contribution in [1.29, 1.82) is 0 Å². The van der Waals surface area contributed by atoms with Crippen molar-refractivity contribution in [3.63, 3.8) is 0 Å². The highest BCUT2D eigenvalue weighted by Gasteiger charge is 2.45. The monoisotopic (exact) mass is 332 g/mol. The Balaban J connectivity index is 1.89. The zero-order chi connectivity index (χ0) is 16.6. The lowest BCUT2D eigenvalue weighted by Crippen LogP contribution is -2.40. The molecule has 1 aliphatic rings. The first-order valence-corrected chi connectivity index (χ1v) is 8.03. The largest absolute Gasteiger partial charge is 0.383 e. The van der Waals surface area contributed by atoms with Crippen LogP contribution in [0.3, 0.4) is 0 Å². The summed E-state index contributed by atoms with van der Waals surface area (Å²) in [7, 11) is 3.58. The molecule has 1 saturated heterocycles. The van der Waals surface area contributed by atoms with Crippen molar-refractivity contribution in [2.24, 2.45) is 12.0 Å². The van der Waals surface area contributed by atoms with Gasteiger partial charge < -0.3 is 10.0 Å². The number of rotatable bonds is 3. The zero-order valence-corrected chi connectivity index (χ0v) is 14.3. The molecule has 2 aromatic rings. The van der Waals surface area contributed by atoms with Gasteiger partial charge >= 0.3 is 0 Å². The molecular weight excluding hydrogens is 312 g/mol. The van der Waals surface area contributed by atoms with Crippen LogP contribution in [-0.2, 0) is 12.6 Å². The molecule has 1 aromatic heterocycles. The molecule has 1 aliphatic heterocycles. The Bertz CT molecular complexity index is 742. The molecule has 0 unspecified atom stereocenters. The first-order valence-electron chi connectivity index (χ1n) is 7.65. The van der Waals surface area contributed by atoms with Gasteiger partial charge in [-0.25, -0.2) is 0 Å². The van der Waals surface area contributed by atoms with Crippen molar-refractivity contribution >= 4 is 23.5 Å². The van der Waals surface area contributed by atoms with Gasteiger partial charge in [0.15, 0.2) is 0 Å². The number of aromatic nitrogens is 2. The summed E-state index contributed by atoms with van der Waals surface area (Å²) in [5, 5.41) is 16.0. The first-order chi connectivity index (χ1) is 11.0. The fourth-order valence-corrected chi connectivity index (χ4v) is 3.50. The van der Waals surface area contributed by atoms with E-state index < -0.39 is 5.60 Å². The molecule has 0 bridgehead atoms. The third-order valence-electron chi connectivity index (χ3n) is 4.68. The smallest absolute Gasteiger partial charge is 0.114 e. The Morgan fingerprint density at radius 3 is 2.87 bits per heavy atom. The van der Waals surface area contributed by atoms with Gasteiger partial charge in [0, 0.05) is 49.9 Å². The van der Waals surface area contributed by atoms with Crippen LogP contribution in [0.2, 0.25) is 5.02 Å². The van der Waals surface area contributed by atoms with E-state index >= 15 is 0 Å². The highest BCUT2D eigenvalue weighted by molar-refractivity contribution is 6.33. The number of hydrogen-bond donors (Lipinski definition) is 1. The maximum absolute atomic E-state index is 11.1. The van der Waals surface area contributed by atoms with Crippen molar-refractivity contribution in [1.82, 2.24) is 9.78 Å². The molecule has 1 aromatic carbocycles. The second-order valence-electron chi connectivity index (χ2n) is 6.04. The van der Waals surface area contributed by atoms with Gasteiger partial charge in [-0.05, 0) is 31.5 Å². The molecule has 0 aliphatic carbocycles. The van der Waals surface area contributed by atoms with Crippen LogP contribution in [0.25, 0.3) is 0 Å². The molecule has 6 heteroatoms. The van der Waals surface area contributed by atoms with E-state index in [1.165, 1.54) is 0 Å². The number of halogens is 1. The van der Waals surface area contributed by atoms with Crippen LogP contribution in [0.15, 0.2) is 35.6 Å².